The summed E-state index contributed by atoms with van der Waals surface area (Å²) < 4.78 is 46.5. The maximum atomic E-state index is 12.7. The summed E-state index contributed by atoms with van der Waals surface area (Å²) in [4.78, 5) is 4.16. The number of rotatable bonds is 9. The van der Waals surface area contributed by atoms with Gasteiger partial charge in [0.1, 0.15) is 5.75 Å². The first kappa shape index (κ1) is 21.4. The molecule has 2 aliphatic rings. The fourth-order valence-electron chi connectivity index (χ4n) is 3.47. The normalized spacial score (nSPS) is 16.9. The Kier molecular flexibility index (Phi) is 8.15. The van der Waals surface area contributed by atoms with E-state index in [0.717, 1.165) is 19.3 Å². The molecule has 0 amide bonds. The van der Waals surface area contributed by atoms with E-state index in [0.29, 0.717) is 42.3 Å². The van der Waals surface area contributed by atoms with Gasteiger partial charge in [-0.15, -0.1) is 0 Å². The molecule has 0 aromatic heterocycles. The van der Waals surface area contributed by atoms with Gasteiger partial charge in [0.05, 0.1) is 6.10 Å². The molecule has 2 N–H and O–H groups in total. The van der Waals surface area contributed by atoms with Gasteiger partial charge in [-0.2, -0.15) is 8.78 Å². The molecule has 162 valence electrons. The zero-order valence-corrected chi connectivity index (χ0v) is 16.7. The van der Waals surface area contributed by atoms with Crippen LogP contribution in [0, 0.1) is 0 Å². The summed E-state index contributed by atoms with van der Waals surface area (Å²) in [5.41, 5.74) is 0.526. The van der Waals surface area contributed by atoms with E-state index in [1.165, 1.54) is 25.3 Å². The smallest absolute Gasteiger partial charge is 0.387 e. The molecule has 9 heteroatoms. The Morgan fingerprint density at radius 1 is 1.17 bits per heavy atom. The van der Waals surface area contributed by atoms with E-state index in [1.54, 1.807) is 13.1 Å². The van der Waals surface area contributed by atoms with Gasteiger partial charge in [0.15, 0.2) is 17.5 Å². The molecule has 1 saturated carbocycles. The summed E-state index contributed by atoms with van der Waals surface area (Å²) in [6, 6.07) is 3.06. The Balaban J connectivity index is 1.44. The second-order valence-electron chi connectivity index (χ2n) is 7.03. The SMILES string of the molecule is CN=C(NCCCOC1CCCCC1)NCc1cc2c(cc1OC(F)F)OCO2. The summed E-state index contributed by atoms with van der Waals surface area (Å²) in [7, 11) is 1.66. The lowest BCUT2D eigenvalue weighted by Gasteiger charge is -2.22. The molecule has 0 bridgehead atoms. The molecule has 1 aliphatic heterocycles. The number of halogens is 2. The van der Waals surface area contributed by atoms with E-state index in [4.69, 9.17) is 14.2 Å². The maximum absolute atomic E-state index is 12.7. The summed E-state index contributed by atoms with van der Waals surface area (Å²) >= 11 is 0. The molecular weight excluding hydrogens is 384 g/mol. The molecule has 0 spiro atoms. The third-order valence-electron chi connectivity index (χ3n) is 4.96. The summed E-state index contributed by atoms with van der Waals surface area (Å²) in [5, 5.41) is 6.31. The average molecular weight is 413 g/mol. The van der Waals surface area contributed by atoms with Gasteiger partial charge >= 0.3 is 6.61 Å². The Hall–Kier alpha value is -2.29. The number of alkyl halides is 2. The molecule has 0 unspecified atom stereocenters. The van der Waals surface area contributed by atoms with Crippen LogP contribution in [0.5, 0.6) is 17.2 Å². The maximum Gasteiger partial charge on any atom is 0.387 e. The molecule has 1 aromatic carbocycles. The summed E-state index contributed by atoms with van der Waals surface area (Å²) in [6.45, 7) is -1.20. The Morgan fingerprint density at radius 3 is 2.66 bits per heavy atom. The first-order valence-corrected chi connectivity index (χ1v) is 10.1. The molecular formula is C20H29F2N3O4. The van der Waals surface area contributed by atoms with Crippen molar-refractivity contribution in [3.8, 4) is 17.2 Å². The highest BCUT2D eigenvalue weighted by Crippen LogP contribution is 2.38. The van der Waals surface area contributed by atoms with Crippen molar-refractivity contribution >= 4 is 5.96 Å². The third-order valence-corrected chi connectivity index (χ3v) is 4.96. The molecule has 1 heterocycles. The second-order valence-corrected chi connectivity index (χ2v) is 7.03. The monoisotopic (exact) mass is 413 g/mol. The average Bonchev–Trinajstić information content (AvgIpc) is 3.17. The largest absolute Gasteiger partial charge is 0.454 e. The number of nitrogens with zero attached hydrogens (tertiary/aromatic N) is 1. The van der Waals surface area contributed by atoms with Crippen LogP contribution >= 0.6 is 0 Å². The van der Waals surface area contributed by atoms with Gasteiger partial charge in [-0.1, -0.05) is 19.3 Å². The summed E-state index contributed by atoms with van der Waals surface area (Å²) in [5.74, 6) is 1.52. The van der Waals surface area contributed by atoms with Crippen LogP contribution in [0.15, 0.2) is 17.1 Å². The van der Waals surface area contributed by atoms with Crippen molar-refractivity contribution in [2.45, 2.75) is 57.8 Å². The van der Waals surface area contributed by atoms with E-state index in [2.05, 4.69) is 20.4 Å². The van der Waals surface area contributed by atoms with Crippen LogP contribution in [0.25, 0.3) is 0 Å². The van der Waals surface area contributed by atoms with E-state index in [9.17, 15) is 8.78 Å². The standard InChI is InChI=1S/C20H29F2N3O4/c1-23-20(24-8-5-9-26-15-6-3-2-4-7-15)25-12-14-10-17-18(28-13-27-17)11-16(14)29-19(21)22/h10-11,15,19H,2-9,12-13H2,1H3,(H2,23,24,25). The molecule has 3 rings (SSSR count). The van der Waals surface area contributed by atoms with Crippen LogP contribution in [-0.2, 0) is 11.3 Å². The zero-order chi connectivity index (χ0) is 20.5. The number of aliphatic imine (C=N–C) groups is 1. The minimum atomic E-state index is -2.92. The Bertz CT molecular complexity index is 682. The Morgan fingerprint density at radius 2 is 1.93 bits per heavy atom. The van der Waals surface area contributed by atoms with Gasteiger partial charge in [0, 0.05) is 38.4 Å². The van der Waals surface area contributed by atoms with Crippen molar-refractivity contribution in [3.63, 3.8) is 0 Å². The van der Waals surface area contributed by atoms with Crippen molar-refractivity contribution in [1.82, 2.24) is 10.6 Å². The van der Waals surface area contributed by atoms with Gasteiger partial charge in [-0.3, -0.25) is 4.99 Å². The van der Waals surface area contributed by atoms with E-state index in [1.807, 2.05) is 0 Å². The number of benzene rings is 1. The lowest BCUT2D eigenvalue weighted by Crippen LogP contribution is -2.37. The Labute approximate surface area is 169 Å². The van der Waals surface area contributed by atoms with Crippen molar-refractivity contribution in [2.75, 3.05) is 27.0 Å². The van der Waals surface area contributed by atoms with Gasteiger partial charge < -0.3 is 29.6 Å². The second kappa shape index (κ2) is 11.0. The van der Waals surface area contributed by atoms with Crippen molar-refractivity contribution in [1.29, 1.82) is 0 Å². The number of hydrogen-bond donors (Lipinski definition) is 2. The van der Waals surface area contributed by atoms with E-state index < -0.39 is 6.61 Å². The minimum Gasteiger partial charge on any atom is -0.454 e. The fraction of sp³-hybridized carbons (Fsp3) is 0.650. The van der Waals surface area contributed by atoms with Gasteiger partial charge in [0.2, 0.25) is 6.79 Å². The predicted molar refractivity (Wildman–Crippen MR) is 105 cm³/mol. The first-order valence-electron chi connectivity index (χ1n) is 10.1. The van der Waals surface area contributed by atoms with Gasteiger partial charge in [-0.05, 0) is 25.3 Å². The lowest BCUT2D eigenvalue weighted by molar-refractivity contribution is -0.0505. The quantitative estimate of drug-likeness (QED) is 0.367. The topological polar surface area (TPSA) is 73.3 Å². The van der Waals surface area contributed by atoms with Crippen LogP contribution in [0.3, 0.4) is 0 Å². The van der Waals surface area contributed by atoms with Crippen LogP contribution in [0.1, 0.15) is 44.1 Å². The van der Waals surface area contributed by atoms with Crippen LogP contribution in [0.4, 0.5) is 8.78 Å². The van der Waals surface area contributed by atoms with Crippen LogP contribution < -0.4 is 24.8 Å². The lowest BCUT2D eigenvalue weighted by atomic mass is 9.98. The molecule has 7 nitrogen and oxygen atoms in total. The minimum absolute atomic E-state index is 0.0492. The zero-order valence-electron chi connectivity index (χ0n) is 16.7. The number of fused-ring (bicyclic) bond motifs is 1. The van der Waals surface area contributed by atoms with Crippen molar-refractivity contribution in [2.24, 2.45) is 4.99 Å². The highest BCUT2D eigenvalue weighted by molar-refractivity contribution is 5.79. The fourth-order valence-corrected chi connectivity index (χ4v) is 3.47. The number of ether oxygens (including phenoxy) is 4. The molecule has 29 heavy (non-hydrogen) atoms. The van der Waals surface area contributed by atoms with E-state index in [-0.39, 0.29) is 19.1 Å². The highest BCUT2D eigenvalue weighted by Gasteiger charge is 2.20. The van der Waals surface area contributed by atoms with Gasteiger partial charge in [0.25, 0.3) is 0 Å². The van der Waals surface area contributed by atoms with Crippen LogP contribution in [0.2, 0.25) is 0 Å². The number of nitrogens with one attached hydrogen (secondary N) is 2. The molecule has 0 saturated heterocycles. The molecule has 1 aromatic rings. The van der Waals surface area contributed by atoms with Crippen LogP contribution in [-0.4, -0.2) is 45.7 Å². The first-order chi connectivity index (χ1) is 14.2. The third kappa shape index (κ3) is 6.62. The molecule has 1 aliphatic carbocycles. The van der Waals surface area contributed by atoms with Crippen molar-refractivity contribution in [3.05, 3.63) is 17.7 Å². The highest BCUT2D eigenvalue weighted by atomic mass is 19.3. The number of hydrogen-bond acceptors (Lipinski definition) is 5. The van der Waals surface area contributed by atoms with Gasteiger partial charge in [-0.25, -0.2) is 0 Å². The van der Waals surface area contributed by atoms with Crippen molar-refractivity contribution < 1.29 is 27.7 Å². The molecule has 0 radical (unpaired) electrons. The van der Waals surface area contributed by atoms with E-state index >= 15 is 0 Å². The predicted octanol–water partition coefficient (Wildman–Crippen LogP) is 3.42. The molecule has 0 atom stereocenters. The summed E-state index contributed by atoms with van der Waals surface area (Å²) in [6.07, 6.45) is 7.43. The molecule has 1 fully saturated rings. The number of guanidine groups is 1.